The standard InChI is InChI=1S/C19H19N3O5/c20-19(23)13-3-5-15(16(10-13)22(24)25)21-7-1-2-14(21)12-4-6-17-18(11-12)27-9-8-26-17/h3-6,10-11,14H,1-2,7-9H2,(H2,20,23)/t14-/m0/s1. The number of nitrogens with two attached hydrogens (primary N) is 1. The number of carbonyl (C=O) groups excluding carboxylic acids is 1. The van der Waals surface area contributed by atoms with Gasteiger partial charge in [0.05, 0.1) is 11.0 Å². The molecule has 4 rings (SSSR count). The lowest BCUT2D eigenvalue weighted by Crippen LogP contribution is -2.24. The lowest BCUT2D eigenvalue weighted by molar-refractivity contribution is -0.384. The maximum Gasteiger partial charge on any atom is 0.293 e. The SMILES string of the molecule is NC(=O)c1ccc(N2CCC[C@H]2c2ccc3c(c2)OCCO3)c([N+](=O)[O-])c1. The fraction of sp³-hybridized carbons (Fsp3) is 0.316. The molecule has 0 aromatic heterocycles. The zero-order valence-electron chi connectivity index (χ0n) is 14.6. The number of benzene rings is 2. The Morgan fingerprint density at radius 2 is 1.93 bits per heavy atom. The average Bonchev–Trinajstić information content (AvgIpc) is 3.16. The Labute approximate surface area is 155 Å². The number of nitro groups is 1. The van der Waals surface area contributed by atoms with Gasteiger partial charge in [0, 0.05) is 18.2 Å². The summed E-state index contributed by atoms with van der Waals surface area (Å²) in [6.07, 6.45) is 1.78. The highest BCUT2D eigenvalue weighted by Crippen LogP contribution is 2.43. The average molecular weight is 369 g/mol. The predicted octanol–water partition coefficient (Wildman–Crippen LogP) is 2.81. The molecular weight excluding hydrogens is 350 g/mol. The van der Waals surface area contributed by atoms with Crippen molar-refractivity contribution >= 4 is 17.3 Å². The lowest BCUT2D eigenvalue weighted by Gasteiger charge is -2.28. The van der Waals surface area contributed by atoms with E-state index < -0.39 is 10.8 Å². The summed E-state index contributed by atoms with van der Waals surface area (Å²) in [7, 11) is 0. The highest BCUT2D eigenvalue weighted by atomic mass is 16.6. The molecule has 0 radical (unpaired) electrons. The summed E-state index contributed by atoms with van der Waals surface area (Å²) in [6, 6.07) is 10.2. The van der Waals surface area contributed by atoms with Crippen molar-refractivity contribution in [1.29, 1.82) is 0 Å². The summed E-state index contributed by atoms with van der Waals surface area (Å²) in [5.74, 6) is 0.727. The zero-order chi connectivity index (χ0) is 19.0. The molecule has 2 aliphatic heterocycles. The Kier molecular flexibility index (Phi) is 4.31. The van der Waals surface area contributed by atoms with Gasteiger partial charge in [-0.05, 0) is 42.7 Å². The molecule has 140 valence electrons. The summed E-state index contributed by atoms with van der Waals surface area (Å²) < 4.78 is 11.2. The van der Waals surface area contributed by atoms with E-state index >= 15 is 0 Å². The molecule has 8 heteroatoms. The van der Waals surface area contributed by atoms with Gasteiger partial charge in [0.2, 0.25) is 5.91 Å². The van der Waals surface area contributed by atoms with Crippen LogP contribution in [0.25, 0.3) is 0 Å². The quantitative estimate of drug-likeness (QED) is 0.656. The number of hydrogen-bond acceptors (Lipinski definition) is 6. The second-order valence-corrected chi connectivity index (χ2v) is 6.58. The van der Waals surface area contributed by atoms with Crippen molar-refractivity contribution in [2.75, 3.05) is 24.7 Å². The summed E-state index contributed by atoms with van der Waals surface area (Å²) >= 11 is 0. The van der Waals surface area contributed by atoms with Crippen LogP contribution in [0, 0.1) is 10.1 Å². The number of fused-ring (bicyclic) bond motifs is 1. The van der Waals surface area contributed by atoms with Crippen LogP contribution in [-0.2, 0) is 0 Å². The highest BCUT2D eigenvalue weighted by molar-refractivity contribution is 5.94. The van der Waals surface area contributed by atoms with E-state index in [-0.39, 0.29) is 17.3 Å². The van der Waals surface area contributed by atoms with Crippen LogP contribution >= 0.6 is 0 Å². The fourth-order valence-electron chi connectivity index (χ4n) is 3.73. The number of rotatable bonds is 4. The number of amides is 1. The first-order valence-corrected chi connectivity index (χ1v) is 8.79. The Bertz CT molecular complexity index is 914. The first-order chi connectivity index (χ1) is 13.0. The van der Waals surface area contributed by atoms with E-state index in [1.807, 2.05) is 23.1 Å². The number of hydrogen-bond donors (Lipinski definition) is 1. The summed E-state index contributed by atoms with van der Waals surface area (Å²) in [5.41, 5.74) is 6.79. The molecule has 1 fully saturated rings. The molecule has 0 saturated carbocycles. The normalized spacial score (nSPS) is 18.4. The molecular formula is C19H19N3O5. The third-order valence-electron chi connectivity index (χ3n) is 4.97. The van der Waals surface area contributed by atoms with E-state index in [9.17, 15) is 14.9 Å². The number of carbonyl (C=O) groups is 1. The molecule has 1 amide bonds. The molecule has 2 aromatic carbocycles. The van der Waals surface area contributed by atoms with E-state index in [0.717, 1.165) is 18.4 Å². The number of ether oxygens (including phenoxy) is 2. The maximum atomic E-state index is 11.6. The van der Waals surface area contributed by atoms with Crippen molar-refractivity contribution in [3.8, 4) is 11.5 Å². The number of anilines is 1. The van der Waals surface area contributed by atoms with E-state index in [0.29, 0.717) is 36.9 Å². The Morgan fingerprint density at radius 1 is 1.15 bits per heavy atom. The van der Waals surface area contributed by atoms with Crippen LogP contribution in [-0.4, -0.2) is 30.6 Å². The zero-order valence-corrected chi connectivity index (χ0v) is 14.6. The highest BCUT2D eigenvalue weighted by Gasteiger charge is 2.32. The van der Waals surface area contributed by atoms with Gasteiger partial charge in [-0.15, -0.1) is 0 Å². The molecule has 8 nitrogen and oxygen atoms in total. The third kappa shape index (κ3) is 3.14. The third-order valence-corrected chi connectivity index (χ3v) is 4.97. The summed E-state index contributed by atoms with van der Waals surface area (Å²) in [4.78, 5) is 24.5. The van der Waals surface area contributed by atoms with Crippen molar-refractivity contribution in [2.45, 2.75) is 18.9 Å². The van der Waals surface area contributed by atoms with Crippen LogP contribution in [0.15, 0.2) is 36.4 Å². The molecule has 0 bridgehead atoms. The Hall–Kier alpha value is -3.29. The Balaban J connectivity index is 1.71. The van der Waals surface area contributed by atoms with Crippen molar-refractivity contribution in [3.63, 3.8) is 0 Å². The van der Waals surface area contributed by atoms with Gasteiger partial charge in [-0.2, -0.15) is 0 Å². The number of nitro benzene ring substituents is 1. The molecule has 0 unspecified atom stereocenters. The molecule has 1 saturated heterocycles. The van der Waals surface area contributed by atoms with E-state index in [1.54, 1.807) is 6.07 Å². The smallest absolute Gasteiger partial charge is 0.293 e. The maximum absolute atomic E-state index is 11.6. The van der Waals surface area contributed by atoms with Gasteiger partial charge in [-0.3, -0.25) is 14.9 Å². The molecule has 2 heterocycles. The minimum Gasteiger partial charge on any atom is -0.486 e. The van der Waals surface area contributed by atoms with E-state index in [1.165, 1.54) is 12.1 Å². The van der Waals surface area contributed by atoms with Gasteiger partial charge in [0.15, 0.2) is 11.5 Å². The summed E-state index contributed by atoms with van der Waals surface area (Å²) in [6.45, 7) is 1.72. The van der Waals surface area contributed by atoms with Gasteiger partial charge >= 0.3 is 0 Å². The van der Waals surface area contributed by atoms with E-state index in [2.05, 4.69) is 0 Å². The van der Waals surface area contributed by atoms with Crippen LogP contribution in [0.4, 0.5) is 11.4 Å². The van der Waals surface area contributed by atoms with Gasteiger partial charge in [-0.25, -0.2) is 0 Å². The van der Waals surface area contributed by atoms with Gasteiger partial charge in [0.1, 0.15) is 18.9 Å². The molecule has 1 atom stereocenters. The monoisotopic (exact) mass is 369 g/mol. The molecule has 27 heavy (non-hydrogen) atoms. The first-order valence-electron chi connectivity index (χ1n) is 8.79. The minimum absolute atomic E-state index is 0.0149. The van der Waals surface area contributed by atoms with Crippen LogP contribution in [0.1, 0.15) is 34.8 Å². The molecule has 2 aliphatic rings. The number of primary amides is 1. The first kappa shape index (κ1) is 17.1. The predicted molar refractivity (Wildman–Crippen MR) is 98.4 cm³/mol. The van der Waals surface area contributed by atoms with Crippen LogP contribution in [0.3, 0.4) is 0 Å². The van der Waals surface area contributed by atoms with Crippen molar-refractivity contribution in [3.05, 3.63) is 57.6 Å². The fourth-order valence-corrected chi connectivity index (χ4v) is 3.73. The molecule has 2 N–H and O–H groups in total. The Morgan fingerprint density at radius 3 is 2.67 bits per heavy atom. The van der Waals surface area contributed by atoms with Crippen LogP contribution in [0.5, 0.6) is 11.5 Å². The second kappa shape index (κ2) is 6.79. The van der Waals surface area contributed by atoms with Crippen molar-refractivity contribution in [2.24, 2.45) is 5.73 Å². The summed E-state index contributed by atoms with van der Waals surface area (Å²) in [5, 5.41) is 11.6. The minimum atomic E-state index is -0.686. The molecule has 0 aliphatic carbocycles. The second-order valence-electron chi connectivity index (χ2n) is 6.58. The van der Waals surface area contributed by atoms with Crippen molar-refractivity contribution < 1.29 is 19.2 Å². The number of nitrogens with zero attached hydrogens (tertiary/aromatic N) is 2. The largest absolute Gasteiger partial charge is 0.486 e. The van der Waals surface area contributed by atoms with E-state index in [4.69, 9.17) is 15.2 Å². The molecule has 2 aromatic rings. The van der Waals surface area contributed by atoms with Gasteiger partial charge < -0.3 is 20.1 Å². The van der Waals surface area contributed by atoms with Crippen LogP contribution in [0.2, 0.25) is 0 Å². The topological polar surface area (TPSA) is 108 Å². The van der Waals surface area contributed by atoms with Crippen molar-refractivity contribution in [1.82, 2.24) is 0 Å². The van der Waals surface area contributed by atoms with Gasteiger partial charge in [-0.1, -0.05) is 6.07 Å². The van der Waals surface area contributed by atoms with Gasteiger partial charge in [0.25, 0.3) is 5.69 Å². The lowest BCUT2D eigenvalue weighted by atomic mass is 10.0. The molecule has 0 spiro atoms. The van der Waals surface area contributed by atoms with Crippen LogP contribution < -0.4 is 20.1 Å².